The van der Waals surface area contributed by atoms with E-state index in [2.05, 4.69) is 0 Å². The zero-order chi connectivity index (χ0) is 7.11. The second-order valence-electron chi connectivity index (χ2n) is 1.55. The van der Waals surface area contributed by atoms with E-state index in [9.17, 15) is 4.79 Å². The smallest absolute Gasteiger partial charge is 0.307 e. The molecule has 0 heterocycles. The summed E-state index contributed by atoms with van der Waals surface area (Å²) in [6, 6.07) is 0. The summed E-state index contributed by atoms with van der Waals surface area (Å²) >= 11 is 0. The highest BCUT2D eigenvalue weighted by atomic mass is 16.4. The van der Waals surface area contributed by atoms with E-state index < -0.39 is 5.97 Å². The van der Waals surface area contributed by atoms with Gasteiger partial charge in [-0.1, -0.05) is 24.3 Å². The van der Waals surface area contributed by atoms with Gasteiger partial charge in [-0.15, -0.1) is 0 Å². The lowest BCUT2D eigenvalue weighted by Gasteiger charge is -1.78. The second-order valence-corrected chi connectivity index (χ2v) is 1.55. The maximum absolute atomic E-state index is 9.89. The molecule has 0 atom stereocenters. The van der Waals surface area contributed by atoms with Crippen LogP contribution < -0.4 is 0 Å². The maximum atomic E-state index is 9.89. The first-order valence-electron chi connectivity index (χ1n) is 2.77. The van der Waals surface area contributed by atoms with Gasteiger partial charge in [-0.2, -0.15) is 0 Å². The Kier molecular flexibility index (Phi) is 4.50. The minimum atomic E-state index is -0.796. The number of aliphatic carboxylic acids is 1. The summed E-state index contributed by atoms with van der Waals surface area (Å²) in [7, 11) is 0. The van der Waals surface area contributed by atoms with Crippen LogP contribution in [0.15, 0.2) is 24.3 Å². The fourth-order valence-electron chi connectivity index (χ4n) is 0.359. The van der Waals surface area contributed by atoms with Crippen LogP contribution >= 0.6 is 0 Å². The summed E-state index contributed by atoms with van der Waals surface area (Å²) in [5, 5.41) is 8.14. The van der Waals surface area contributed by atoms with Crippen molar-refractivity contribution in [1.82, 2.24) is 0 Å². The Morgan fingerprint density at radius 2 is 2.22 bits per heavy atom. The predicted octanol–water partition coefficient (Wildman–Crippen LogP) is 1.59. The van der Waals surface area contributed by atoms with Crippen LogP contribution in [0.1, 0.15) is 13.3 Å². The molecule has 0 aliphatic rings. The van der Waals surface area contributed by atoms with Crippen LogP contribution in [0.5, 0.6) is 0 Å². The zero-order valence-corrected chi connectivity index (χ0v) is 5.37. The van der Waals surface area contributed by atoms with Crippen molar-refractivity contribution in [2.75, 3.05) is 0 Å². The predicted molar refractivity (Wildman–Crippen MR) is 36.2 cm³/mol. The highest BCUT2D eigenvalue weighted by Gasteiger charge is 1.86. The van der Waals surface area contributed by atoms with Crippen molar-refractivity contribution >= 4 is 5.97 Å². The fourth-order valence-corrected chi connectivity index (χ4v) is 0.359. The van der Waals surface area contributed by atoms with Crippen molar-refractivity contribution in [3.63, 3.8) is 0 Å². The number of carboxylic acids is 1. The first-order valence-corrected chi connectivity index (χ1v) is 2.77. The molecule has 0 aromatic heterocycles. The molecule has 0 aliphatic carbocycles. The Labute approximate surface area is 54.5 Å². The number of rotatable bonds is 3. The average Bonchev–Trinajstić information content (AvgIpc) is 1.80. The topological polar surface area (TPSA) is 37.3 Å². The van der Waals surface area contributed by atoms with Crippen molar-refractivity contribution in [2.24, 2.45) is 0 Å². The van der Waals surface area contributed by atoms with E-state index >= 15 is 0 Å². The van der Waals surface area contributed by atoms with Crippen LogP contribution in [-0.4, -0.2) is 11.1 Å². The van der Waals surface area contributed by atoms with Gasteiger partial charge in [0.25, 0.3) is 0 Å². The molecule has 50 valence electrons. The van der Waals surface area contributed by atoms with Gasteiger partial charge < -0.3 is 5.11 Å². The first kappa shape index (κ1) is 7.95. The number of hydrogen-bond acceptors (Lipinski definition) is 1. The third-order valence-electron chi connectivity index (χ3n) is 0.732. The summed E-state index contributed by atoms with van der Waals surface area (Å²) in [5.41, 5.74) is 0. The van der Waals surface area contributed by atoms with Crippen LogP contribution in [0.2, 0.25) is 0 Å². The van der Waals surface area contributed by atoms with Gasteiger partial charge >= 0.3 is 5.97 Å². The summed E-state index contributed by atoms with van der Waals surface area (Å²) in [6.07, 6.45) is 7.06. The Hall–Kier alpha value is -1.05. The number of allylic oxidation sites excluding steroid dienone is 3. The lowest BCUT2D eigenvalue weighted by Crippen LogP contribution is -1.89. The Bertz CT molecular complexity index is 134. The summed E-state index contributed by atoms with van der Waals surface area (Å²) in [5.74, 6) is -0.796. The van der Waals surface area contributed by atoms with Crippen molar-refractivity contribution in [3.8, 4) is 0 Å². The highest BCUT2D eigenvalue weighted by Crippen LogP contribution is 1.82. The lowest BCUT2D eigenvalue weighted by atomic mass is 10.3. The van der Waals surface area contributed by atoms with Gasteiger partial charge in [-0.25, -0.2) is 0 Å². The van der Waals surface area contributed by atoms with Crippen molar-refractivity contribution in [3.05, 3.63) is 24.3 Å². The van der Waals surface area contributed by atoms with E-state index in [-0.39, 0.29) is 6.42 Å². The maximum Gasteiger partial charge on any atom is 0.307 e. The van der Waals surface area contributed by atoms with Gasteiger partial charge in [0.2, 0.25) is 0 Å². The van der Waals surface area contributed by atoms with E-state index in [4.69, 9.17) is 5.11 Å². The van der Waals surface area contributed by atoms with Crippen molar-refractivity contribution < 1.29 is 9.90 Å². The summed E-state index contributed by atoms with van der Waals surface area (Å²) in [6.45, 7) is 1.88. The molecular weight excluding hydrogens is 116 g/mol. The molecule has 0 rings (SSSR count). The third-order valence-corrected chi connectivity index (χ3v) is 0.732. The molecule has 2 nitrogen and oxygen atoms in total. The van der Waals surface area contributed by atoms with E-state index in [0.717, 1.165) is 0 Å². The molecule has 0 aromatic rings. The molecule has 0 aromatic carbocycles. The molecule has 0 bridgehead atoms. The van der Waals surface area contributed by atoms with Gasteiger partial charge in [-0.3, -0.25) is 4.79 Å². The van der Waals surface area contributed by atoms with E-state index in [1.54, 1.807) is 18.2 Å². The summed E-state index contributed by atoms with van der Waals surface area (Å²) in [4.78, 5) is 9.89. The number of hydrogen-bond donors (Lipinski definition) is 1. The largest absolute Gasteiger partial charge is 0.481 e. The van der Waals surface area contributed by atoms with Crippen LogP contribution in [0, 0.1) is 0 Å². The first-order chi connectivity index (χ1) is 4.27. The minimum absolute atomic E-state index is 0.102. The molecule has 0 unspecified atom stereocenters. The number of carbonyl (C=O) groups is 1. The van der Waals surface area contributed by atoms with Gasteiger partial charge in [-0.05, 0) is 6.92 Å². The average molecular weight is 126 g/mol. The Balaban J connectivity index is 3.36. The van der Waals surface area contributed by atoms with E-state index in [0.29, 0.717) is 0 Å². The molecule has 0 aliphatic heterocycles. The lowest BCUT2D eigenvalue weighted by molar-refractivity contribution is -0.135. The normalized spacial score (nSPS) is 11.2. The molecule has 0 radical (unpaired) electrons. The molecule has 0 fully saturated rings. The molecule has 1 N–H and O–H groups in total. The van der Waals surface area contributed by atoms with Gasteiger partial charge in [0, 0.05) is 0 Å². The molecule has 0 amide bonds. The molecule has 9 heavy (non-hydrogen) atoms. The molecule has 0 saturated heterocycles. The van der Waals surface area contributed by atoms with Crippen LogP contribution in [-0.2, 0) is 4.79 Å². The quantitative estimate of drug-likeness (QED) is 0.583. The SMILES string of the molecule is C/C=C\C=C/CC(=O)O. The number of carboxylic acid groups (broad SMARTS) is 1. The highest BCUT2D eigenvalue weighted by molar-refractivity contribution is 5.68. The zero-order valence-electron chi connectivity index (χ0n) is 5.37. The standard InChI is InChI=1S/C7H10O2/c1-2-3-4-5-6-7(8)9/h2-5H,6H2,1H3,(H,8,9)/b3-2-,5-4-. The third kappa shape index (κ3) is 6.95. The Morgan fingerprint density at radius 1 is 1.56 bits per heavy atom. The fraction of sp³-hybridized carbons (Fsp3) is 0.286. The summed E-state index contributed by atoms with van der Waals surface area (Å²) < 4.78 is 0. The molecule has 0 saturated carbocycles. The minimum Gasteiger partial charge on any atom is -0.481 e. The molecule has 0 spiro atoms. The second kappa shape index (κ2) is 5.09. The van der Waals surface area contributed by atoms with Crippen LogP contribution in [0.25, 0.3) is 0 Å². The van der Waals surface area contributed by atoms with E-state index in [1.165, 1.54) is 0 Å². The van der Waals surface area contributed by atoms with Gasteiger partial charge in [0.05, 0.1) is 6.42 Å². The monoisotopic (exact) mass is 126 g/mol. The van der Waals surface area contributed by atoms with Gasteiger partial charge in [0.15, 0.2) is 0 Å². The van der Waals surface area contributed by atoms with Crippen molar-refractivity contribution in [2.45, 2.75) is 13.3 Å². The van der Waals surface area contributed by atoms with E-state index in [1.807, 2.05) is 13.0 Å². The van der Waals surface area contributed by atoms with Crippen LogP contribution in [0.4, 0.5) is 0 Å². The van der Waals surface area contributed by atoms with Crippen molar-refractivity contribution in [1.29, 1.82) is 0 Å². The molecule has 2 heteroatoms. The molecular formula is C7H10O2. The Morgan fingerprint density at radius 3 is 2.67 bits per heavy atom. The van der Waals surface area contributed by atoms with Crippen LogP contribution in [0.3, 0.4) is 0 Å². The van der Waals surface area contributed by atoms with Gasteiger partial charge in [0.1, 0.15) is 0 Å².